The molecule has 0 saturated carbocycles. The average Bonchev–Trinajstić information content (AvgIpc) is 2.59. The van der Waals surface area contributed by atoms with E-state index in [-0.39, 0.29) is 18.2 Å². The number of nitrogens with zero attached hydrogens (tertiary/aromatic N) is 1. The molecule has 128 valence electrons. The summed E-state index contributed by atoms with van der Waals surface area (Å²) >= 11 is 0. The lowest BCUT2D eigenvalue weighted by molar-refractivity contribution is 0.144. The van der Waals surface area contributed by atoms with Gasteiger partial charge in [0.05, 0.1) is 6.54 Å². The second kappa shape index (κ2) is 9.44. The van der Waals surface area contributed by atoms with Gasteiger partial charge in [-0.05, 0) is 25.2 Å². The fourth-order valence-electron chi connectivity index (χ4n) is 2.43. The first-order chi connectivity index (χ1) is 11.1. The molecular weight excluding hydrogens is 325 g/mol. The van der Waals surface area contributed by atoms with E-state index < -0.39 is 5.60 Å². The van der Waals surface area contributed by atoms with E-state index in [2.05, 4.69) is 30.6 Å². The molecule has 0 aliphatic carbocycles. The van der Waals surface area contributed by atoms with Crippen LogP contribution in [0.25, 0.3) is 0 Å². The van der Waals surface area contributed by atoms with Gasteiger partial charge >= 0.3 is 0 Å². The first-order valence-electron chi connectivity index (χ1n) is 7.86. The Morgan fingerprint density at radius 3 is 2.21 bits per heavy atom. The number of rotatable bonds is 5. The molecule has 0 bridgehead atoms. The Labute approximate surface area is 149 Å². The van der Waals surface area contributed by atoms with Crippen molar-refractivity contribution in [2.45, 2.75) is 19.4 Å². The summed E-state index contributed by atoms with van der Waals surface area (Å²) in [6.07, 6.45) is 0. The average molecular weight is 348 g/mol. The highest BCUT2D eigenvalue weighted by Gasteiger charge is 2.29. The molecular formula is C20H23ClFNO. The van der Waals surface area contributed by atoms with E-state index in [1.54, 1.807) is 24.3 Å². The smallest absolute Gasteiger partial charge is 0.177 e. The maximum absolute atomic E-state index is 13.6. The molecule has 0 aromatic heterocycles. The van der Waals surface area contributed by atoms with Crippen LogP contribution in [0, 0.1) is 17.7 Å². The highest BCUT2D eigenvalue weighted by atomic mass is 35.5. The molecule has 0 aliphatic heterocycles. The summed E-state index contributed by atoms with van der Waals surface area (Å²) in [7, 11) is 0. The Balaban J connectivity index is 0.00000288. The molecule has 0 aliphatic rings. The molecule has 2 aromatic carbocycles. The zero-order valence-corrected chi connectivity index (χ0v) is 14.8. The van der Waals surface area contributed by atoms with Gasteiger partial charge in [-0.15, -0.1) is 12.4 Å². The van der Waals surface area contributed by atoms with E-state index >= 15 is 0 Å². The molecule has 0 spiro atoms. The number of aliphatic hydroxyl groups is 1. The molecule has 2 nitrogen and oxygen atoms in total. The van der Waals surface area contributed by atoms with Crippen molar-refractivity contribution >= 4 is 12.4 Å². The Morgan fingerprint density at radius 2 is 1.62 bits per heavy atom. The summed E-state index contributed by atoms with van der Waals surface area (Å²) in [5, 5.41) is 11.2. The lowest BCUT2D eigenvalue weighted by Gasteiger charge is -2.24. The molecule has 24 heavy (non-hydrogen) atoms. The monoisotopic (exact) mass is 347 g/mol. The maximum atomic E-state index is 13.6. The van der Waals surface area contributed by atoms with E-state index in [1.165, 1.54) is 12.1 Å². The van der Waals surface area contributed by atoms with Crippen LogP contribution in [0.4, 0.5) is 4.39 Å². The van der Waals surface area contributed by atoms with E-state index in [1.807, 2.05) is 18.2 Å². The van der Waals surface area contributed by atoms with Gasteiger partial charge in [-0.25, -0.2) is 4.39 Å². The molecule has 0 radical (unpaired) electrons. The molecule has 0 fully saturated rings. The van der Waals surface area contributed by atoms with Crippen LogP contribution < -0.4 is 0 Å². The number of halogens is 2. The normalized spacial score (nSPS) is 12.7. The van der Waals surface area contributed by atoms with E-state index in [0.29, 0.717) is 17.7 Å². The predicted molar refractivity (Wildman–Crippen MR) is 98.7 cm³/mol. The summed E-state index contributed by atoms with van der Waals surface area (Å²) in [5.74, 6) is 5.61. The quantitative estimate of drug-likeness (QED) is 0.831. The van der Waals surface area contributed by atoms with E-state index in [9.17, 15) is 9.50 Å². The molecule has 2 rings (SSSR count). The van der Waals surface area contributed by atoms with Crippen molar-refractivity contribution in [3.8, 4) is 11.8 Å². The van der Waals surface area contributed by atoms with Gasteiger partial charge in [-0.3, -0.25) is 4.90 Å². The summed E-state index contributed by atoms with van der Waals surface area (Å²) in [4.78, 5) is 2.16. The third-order valence-electron chi connectivity index (χ3n) is 3.90. The fraction of sp³-hybridized carbons (Fsp3) is 0.300. The molecule has 1 atom stereocenters. The van der Waals surface area contributed by atoms with Gasteiger partial charge in [0.1, 0.15) is 5.82 Å². The van der Waals surface area contributed by atoms with Crippen LogP contribution in [-0.4, -0.2) is 29.6 Å². The topological polar surface area (TPSA) is 23.5 Å². The Bertz CT molecular complexity index is 692. The molecule has 1 N–H and O–H groups in total. The van der Waals surface area contributed by atoms with Crippen LogP contribution in [0.1, 0.15) is 25.0 Å². The largest absolute Gasteiger partial charge is 0.369 e. The van der Waals surface area contributed by atoms with Crippen molar-refractivity contribution in [1.29, 1.82) is 0 Å². The van der Waals surface area contributed by atoms with Crippen molar-refractivity contribution in [2.75, 3.05) is 19.6 Å². The van der Waals surface area contributed by atoms with E-state index in [4.69, 9.17) is 0 Å². The van der Waals surface area contributed by atoms with Crippen LogP contribution in [-0.2, 0) is 5.60 Å². The number of benzene rings is 2. The Morgan fingerprint density at radius 1 is 1.00 bits per heavy atom. The minimum Gasteiger partial charge on any atom is -0.369 e. The summed E-state index contributed by atoms with van der Waals surface area (Å²) in [5.41, 5.74) is -0.440. The predicted octanol–water partition coefficient (Wildman–Crippen LogP) is 3.83. The fourth-order valence-corrected chi connectivity index (χ4v) is 2.43. The first-order valence-corrected chi connectivity index (χ1v) is 7.86. The minimum atomic E-state index is -1.52. The van der Waals surface area contributed by atoms with Gasteiger partial charge in [0.25, 0.3) is 0 Å². The van der Waals surface area contributed by atoms with Crippen molar-refractivity contribution in [3.05, 3.63) is 71.5 Å². The van der Waals surface area contributed by atoms with Crippen LogP contribution in [0.3, 0.4) is 0 Å². The highest BCUT2D eigenvalue weighted by Crippen LogP contribution is 2.29. The standard InChI is InChI=1S/C20H22FNO.ClH/c1-3-22(4-2)15-9-14-20(23,17-10-6-5-7-11-17)18-12-8-13-19(21)16-18;/h5-8,10-13,16,23H,3-4,15H2,1-2H3;1H. The van der Waals surface area contributed by atoms with Gasteiger partial charge in [-0.1, -0.05) is 68.2 Å². The molecule has 0 amide bonds. The maximum Gasteiger partial charge on any atom is 0.177 e. The molecule has 0 heterocycles. The number of hydrogen-bond acceptors (Lipinski definition) is 2. The minimum absolute atomic E-state index is 0. The molecule has 2 aromatic rings. The second-order valence-corrected chi connectivity index (χ2v) is 5.35. The summed E-state index contributed by atoms with van der Waals surface area (Å²) < 4.78 is 13.6. The third-order valence-corrected chi connectivity index (χ3v) is 3.90. The van der Waals surface area contributed by atoms with Crippen LogP contribution in [0.2, 0.25) is 0 Å². The zero-order chi connectivity index (χ0) is 16.7. The zero-order valence-electron chi connectivity index (χ0n) is 14.0. The molecule has 0 saturated heterocycles. The molecule has 4 heteroatoms. The van der Waals surface area contributed by atoms with Gasteiger partial charge < -0.3 is 5.11 Å². The summed E-state index contributed by atoms with van der Waals surface area (Å²) in [6.45, 7) is 6.50. The SMILES string of the molecule is CCN(CC)CC#CC(O)(c1ccccc1)c1cccc(F)c1.Cl. The van der Waals surface area contributed by atoms with Crippen LogP contribution in [0.5, 0.6) is 0 Å². The van der Waals surface area contributed by atoms with Gasteiger partial charge in [0, 0.05) is 11.1 Å². The van der Waals surface area contributed by atoms with E-state index in [0.717, 1.165) is 13.1 Å². The lowest BCUT2D eigenvalue weighted by atomic mass is 9.87. The first kappa shape index (κ1) is 20.2. The van der Waals surface area contributed by atoms with Crippen molar-refractivity contribution in [1.82, 2.24) is 4.90 Å². The van der Waals surface area contributed by atoms with Crippen molar-refractivity contribution in [2.24, 2.45) is 0 Å². The van der Waals surface area contributed by atoms with Gasteiger partial charge in [-0.2, -0.15) is 0 Å². The summed E-state index contributed by atoms with van der Waals surface area (Å²) in [6, 6.07) is 15.1. The van der Waals surface area contributed by atoms with Gasteiger partial charge in [0.2, 0.25) is 0 Å². The van der Waals surface area contributed by atoms with Crippen LogP contribution in [0.15, 0.2) is 54.6 Å². The second-order valence-electron chi connectivity index (χ2n) is 5.35. The highest BCUT2D eigenvalue weighted by molar-refractivity contribution is 5.85. The van der Waals surface area contributed by atoms with Crippen LogP contribution >= 0.6 is 12.4 Å². The number of hydrogen-bond donors (Lipinski definition) is 1. The Hall–Kier alpha value is -1.86. The Kier molecular flexibility index (Phi) is 7.94. The lowest BCUT2D eigenvalue weighted by Crippen LogP contribution is -2.27. The van der Waals surface area contributed by atoms with Crippen molar-refractivity contribution in [3.63, 3.8) is 0 Å². The van der Waals surface area contributed by atoms with Crippen molar-refractivity contribution < 1.29 is 9.50 Å². The molecule has 1 unspecified atom stereocenters. The van der Waals surface area contributed by atoms with Gasteiger partial charge in [0.15, 0.2) is 5.60 Å². The third kappa shape index (κ3) is 4.82.